The molecule has 1 radical (unpaired) electrons. The number of ether oxygens (including phenoxy) is 1. The predicted octanol–water partition coefficient (Wildman–Crippen LogP) is 9.35. The molecule has 1 aromatic heterocycles. The number of carboxylic acids is 1. The van der Waals surface area contributed by atoms with Gasteiger partial charge in [-0.15, -0.1) is 13.2 Å². The second-order valence-electron chi connectivity index (χ2n) is 13.4. The maximum absolute atomic E-state index is 13.3. The number of para-hydroxylation sites is 1. The van der Waals surface area contributed by atoms with E-state index in [1.54, 1.807) is 24.3 Å². The molecule has 2 fully saturated rings. The number of carbonyl (C=O) groups is 1. The summed E-state index contributed by atoms with van der Waals surface area (Å²) in [6.07, 6.45) is 1.32. The van der Waals surface area contributed by atoms with Crippen molar-refractivity contribution in [3.8, 4) is 17.0 Å². The number of hydrogen-bond acceptors (Lipinski definition) is 5. The maximum Gasteiger partial charge on any atom is -0.813 e. The number of alkyl halides is 3. The van der Waals surface area contributed by atoms with Gasteiger partial charge in [0.1, 0.15) is 0 Å². The first-order chi connectivity index (χ1) is 21.9. The van der Waals surface area contributed by atoms with Crippen LogP contribution >= 0.6 is 0 Å². The van der Waals surface area contributed by atoms with Crippen molar-refractivity contribution < 1.29 is 32.3 Å². The van der Waals surface area contributed by atoms with Crippen molar-refractivity contribution in [2.75, 3.05) is 0 Å². The molecule has 3 aromatic carbocycles. The van der Waals surface area contributed by atoms with Gasteiger partial charge in [-0.25, -0.2) is 0 Å². The van der Waals surface area contributed by atoms with Gasteiger partial charge in [0.25, 0.3) is 0 Å². The molecule has 1 N–H and O–H groups in total. The predicted molar refractivity (Wildman–Crippen MR) is 184 cm³/mol. The smallest absolute Gasteiger partial charge is 0.813 e. The van der Waals surface area contributed by atoms with E-state index in [4.69, 9.17) is 4.52 Å². The molecule has 1 heterocycles. The number of aromatic carboxylic acids is 1. The molecule has 251 valence electrons. The van der Waals surface area contributed by atoms with Crippen LogP contribution in [0.1, 0.15) is 80.5 Å². The number of aromatic nitrogens is 1. The van der Waals surface area contributed by atoms with Crippen LogP contribution in [0.3, 0.4) is 0 Å². The van der Waals surface area contributed by atoms with Gasteiger partial charge >= 0.3 is 263 Å². The summed E-state index contributed by atoms with van der Waals surface area (Å²) >= 11 is -1.91. The summed E-state index contributed by atoms with van der Waals surface area (Å²) < 4.78 is 52.2. The van der Waals surface area contributed by atoms with Crippen molar-refractivity contribution in [2.45, 2.75) is 80.3 Å². The molecule has 0 saturated heterocycles. The third kappa shape index (κ3) is 7.82. The average Bonchev–Trinajstić information content (AvgIpc) is 3.79. The van der Waals surface area contributed by atoms with E-state index < -0.39 is 32.5 Å². The van der Waals surface area contributed by atoms with E-state index in [0.717, 1.165) is 54.2 Å². The number of carboxylic acid groups (broad SMARTS) is 1. The molecule has 0 aliphatic heterocycles. The third-order valence-corrected chi connectivity index (χ3v) is 18.6. The van der Waals surface area contributed by atoms with Crippen LogP contribution in [0.5, 0.6) is 5.75 Å². The van der Waals surface area contributed by atoms with Crippen molar-refractivity contribution in [2.24, 2.45) is 23.7 Å². The normalized spacial score (nSPS) is 22.2. The van der Waals surface area contributed by atoms with Gasteiger partial charge in [-0.2, -0.15) is 0 Å². The molecule has 2 aliphatic carbocycles. The fourth-order valence-corrected chi connectivity index (χ4v) is 15.9. The Kier molecular flexibility index (Phi) is 11.0. The molecule has 2 aliphatic rings. The summed E-state index contributed by atoms with van der Waals surface area (Å²) in [5.41, 5.74) is 2.03. The Bertz CT molecular complexity index is 1720. The zero-order valence-corrected chi connectivity index (χ0v) is 30.6. The Labute approximate surface area is 288 Å². The molecule has 6 rings (SSSR count). The topological polar surface area (TPSA) is 72.6 Å². The minimum Gasteiger partial charge on any atom is -0.813 e. The van der Waals surface area contributed by atoms with E-state index in [1.807, 2.05) is 6.07 Å². The molecule has 4 aromatic rings. The van der Waals surface area contributed by atoms with E-state index in [2.05, 4.69) is 53.7 Å². The molecule has 5 unspecified atom stereocenters. The molecule has 0 amide bonds. The molecule has 0 bridgehead atoms. The molecule has 47 heavy (non-hydrogen) atoms. The minimum absolute atomic E-state index is 0. The summed E-state index contributed by atoms with van der Waals surface area (Å²) in [4.78, 5) is 14.0. The van der Waals surface area contributed by atoms with Crippen LogP contribution < -0.4 is 8.25 Å². The summed E-state index contributed by atoms with van der Waals surface area (Å²) in [6, 6.07) is 18.2. The van der Waals surface area contributed by atoms with Crippen LogP contribution in [0.4, 0.5) is 13.2 Å². The van der Waals surface area contributed by atoms with Crippen LogP contribution in [-0.2, 0) is 19.9 Å². The SMILES string of the molecule is CCC1CC(C(C)Cc2c(-c3ccccc3OC(F)(F)F)noc2C2CC2)CC(C)[CH]1[Sb+]([CH3])[c]1ccc2cc(C(=O)O)ccc2c1.[SH-]. The summed E-state index contributed by atoms with van der Waals surface area (Å²) in [5.74, 6) is 1.93. The van der Waals surface area contributed by atoms with Gasteiger partial charge in [0, 0.05) is 0 Å². The van der Waals surface area contributed by atoms with Gasteiger partial charge in [0.2, 0.25) is 0 Å². The zero-order valence-electron chi connectivity index (χ0n) is 27.1. The molecule has 0 spiro atoms. The Balaban J connectivity index is 0.00000433. The number of halogens is 3. The Morgan fingerprint density at radius 2 is 1.79 bits per heavy atom. The van der Waals surface area contributed by atoms with Crippen molar-refractivity contribution in [3.05, 3.63) is 77.6 Å². The fraction of sp³-hybridized carbons (Fsp3) is 0.459. The number of nitrogens with zero attached hydrogens (tertiary/aromatic N) is 1. The molecule has 10 heteroatoms. The third-order valence-electron chi connectivity index (χ3n) is 10.3. The summed E-state index contributed by atoms with van der Waals surface area (Å²) in [6.45, 7) is 7.01. The van der Waals surface area contributed by atoms with Crippen LogP contribution in [0.25, 0.3) is 22.0 Å². The molecule has 5 nitrogen and oxygen atoms in total. The van der Waals surface area contributed by atoms with Crippen LogP contribution in [0.2, 0.25) is 8.73 Å². The van der Waals surface area contributed by atoms with Crippen molar-refractivity contribution in [1.82, 2.24) is 5.16 Å². The van der Waals surface area contributed by atoms with Gasteiger partial charge in [0.05, 0.1) is 0 Å². The van der Waals surface area contributed by atoms with Crippen molar-refractivity contribution in [3.63, 3.8) is 0 Å². The number of thiol groups is 1. The van der Waals surface area contributed by atoms with Gasteiger partial charge in [-0.3, -0.25) is 0 Å². The second kappa shape index (κ2) is 14.5. The number of fused-ring (bicyclic) bond motifs is 1. The largest absolute Gasteiger partial charge is 0.813 e. The van der Waals surface area contributed by atoms with E-state index in [9.17, 15) is 23.1 Å². The minimum atomic E-state index is -4.80. The first-order valence-electron chi connectivity index (χ1n) is 16.3. The Hall–Kier alpha value is -2.64. The van der Waals surface area contributed by atoms with E-state index in [-0.39, 0.29) is 25.2 Å². The van der Waals surface area contributed by atoms with E-state index in [1.165, 1.54) is 15.6 Å². The van der Waals surface area contributed by atoms with Crippen LogP contribution in [0.15, 0.2) is 65.2 Å². The standard InChI is InChI=1S/C25H31F3NO2.C11H7O2.CH3.H2S.Sb/c1-4-17-11-15(2)12-19(14-17)16(3)13-21-23(29-31-24(21)18-9-10-18)20-7-5-6-8-22(20)30-25(26,27)28;12-11(13)10-6-5-8-3-1-2-4-9(8)7-10;;;/h5-8,11,15-19H,4,9-10,12-14H2,1-3H3;2-7H,(H,12,13);1H3;1H2;/q;;;;+1/p-1. The number of hydrogen-bond donors (Lipinski definition) is 1. The van der Waals surface area contributed by atoms with Crippen LogP contribution in [0, 0.1) is 23.7 Å². The van der Waals surface area contributed by atoms with Gasteiger partial charge < -0.3 is 13.5 Å². The quantitative estimate of drug-likeness (QED) is 0.0984. The van der Waals surface area contributed by atoms with Crippen molar-refractivity contribution >= 4 is 54.0 Å². The van der Waals surface area contributed by atoms with E-state index >= 15 is 0 Å². The fourth-order valence-electron chi connectivity index (χ4n) is 7.80. The monoisotopic (exact) mass is 774 g/mol. The van der Waals surface area contributed by atoms with Gasteiger partial charge in [-0.1, -0.05) is 0 Å². The molecule has 2 saturated carbocycles. The molecular formula is C37H42F3NO4SSb. The Morgan fingerprint density at radius 3 is 2.47 bits per heavy atom. The Morgan fingerprint density at radius 1 is 1.09 bits per heavy atom. The number of rotatable bonds is 10. The first kappa shape index (κ1) is 35.7. The molecule has 5 atom stereocenters. The van der Waals surface area contributed by atoms with Crippen LogP contribution in [-0.4, -0.2) is 42.8 Å². The average molecular weight is 776 g/mol. The van der Waals surface area contributed by atoms with Crippen molar-refractivity contribution in [1.29, 1.82) is 0 Å². The summed E-state index contributed by atoms with van der Waals surface area (Å²) in [7, 11) is 0. The second-order valence-corrected chi connectivity index (χ2v) is 20.1. The number of benzene rings is 3. The first-order valence-corrected chi connectivity index (χ1v) is 21.6. The molecular weight excluding hydrogens is 733 g/mol. The zero-order chi connectivity index (χ0) is 32.7. The maximum atomic E-state index is 13.3. The summed E-state index contributed by atoms with van der Waals surface area (Å²) in [5, 5.41) is 15.8. The van der Waals surface area contributed by atoms with E-state index in [0.29, 0.717) is 50.8 Å². The van der Waals surface area contributed by atoms with Gasteiger partial charge in [-0.05, 0) is 0 Å². The van der Waals surface area contributed by atoms with Gasteiger partial charge in [0.15, 0.2) is 0 Å².